The van der Waals surface area contributed by atoms with Crippen molar-refractivity contribution in [3.63, 3.8) is 0 Å². The number of nitrogens with zero attached hydrogens (tertiary/aromatic N) is 3. The molecule has 0 saturated carbocycles. The lowest BCUT2D eigenvalue weighted by Gasteiger charge is -2.31. The van der Waals surface area contributed by atoms with Crippen molar-refractivity contribution in [2.24, 2.45) is 5.92 Å². The maximum atomic E-state index is 13.1. The molecule has 1 aromatic carbocycles. The monoisotopic (exact) mass is 434 g/mol. The lowest BCUT2D eigenvalue weighted by atomic mass is 9.98. The molecule has 3 aromatic rings. The number of carbonyl (C=O) groups excluding carboxylic acids is 1. The molecular formula is C19H22N4O4S2. The highest BCUT2D eigenvalue weighted by atomic mass is 32.2. The predicted octanol–water partition coefficient (Wildman–Crippen LogP) is 3.25. The van der Waals surface area contributed by atoms with Gasteiger partial charge in [0.25, 0.3) is 0 Å². The Balaban J connectivity index is 1.50. The van der Waals surface area contributed by atoms with Gasteiger partial charge in [-0.25, -0.2) is 13.4 Å². The number of rotatable bonds is 4. The van der Waals surface area contributed by atoms with E-state index in [1.54, 1.807) is 25.2 Å². The number of carbonyl (C=O) groups is 1. The summed E-state index contributed by atoms with van der Waals surface area (Å²) in [5.74, 6) is -0.329. The Kier molecular flexibility index (Phi) is 5.18. The van der Waals surface area contributed by atoms with Crippen LogP contribution < -0.4 is 5.32 Å². The second-order valence-corrected chi connectivity index (χ2v) is 10.4. The van der Waals surface area contributed by atoms with Gasteiger partial charge in [-0.15, -0.1) is 11.3 Å². The second kappa shape index (κ2) is 7.51. The van der Waals surface area contributed by atoms with Crippen LogP contribution in [-0.2, 0) is 14.8 Å². The number of fused-ring (bicyclic) bond motifs is 1. The molecule has 1 N–H and O–H groups in total. The van der Waals surface area contributed by atoms with E-state index in [0.717, 1.165) is 15.2 Å². The number of piperidine rings is 1. The van der Waals surface area contributed by atoms with Gasteiger partial charge in [-0.3, -0.25) is 4.79 Å². The fourth-order valence-electron chi connectivity index (χ4n) is 3.71. The van der Waals surface area contributed by atoms with Crippen molar-refractivity contribution in [3.05, 3.63) is 34.7 Å². The minimum atomic E-state index is -3.75. The van der Waals surface area contributed by atoms with Gasteiger partial charge in [-0.05, 0) is 51.8 Å². The Morgan fingerprint density at radius 2 is 2.10 bits per heavy atom. The van der Waals surface area contributed by atoms with Crippen LogP contribution in [0.15, 0.2) is 27.6 Å². The van der Waals surface area contributed by atoms with Crippen LogP contribution in [0.25, 0.3) is 10.2 Å². The minimum absolute atomic E-state index is 0.101. The van der Waals surface area contributed by atoms with Crippen LogP contribution in [0.3, 0.4) is 0 Å². The lowest BCUT2D eigenvalue weighted by molar-refractivity contribution is -0.120. The van der Waals surface area contributed by atoms with Gasteiger partial charge in [-0.1, -0.05) is 5.16 Å². The Morgan fingerprint density at radius 3 is 2.83 bits per heavy atom. The zero-order chi connectivity index (χ0) is 20.8. The standard InChI is InChI=1S/C19H22N4O4S2/c1-11-18(12(2)27-22-11)29(25,26)23-8-4-5-14(10-23)19(24)21-15-6-7-16-17(9-15)28-13(3)20-16/h6-7,9,14H,4-5,8,10H2,1-3H3,(H,21,24)/t14-/m1/s1. The number of hydrogen-bond acceptors (Lipinski definition) is 7. The zero-order valence-electron chi connectivity index (χ0n) is 16.4. The van der Waals surface area contributed by atoms with Gasteiger partial charge < -0.3 is 9.84 Å². The van der Waals surface area contributed by atoms with E-state index in [1.807, 2.05) is 25.1 Å². The largest absolute Gasteiger partial charge is 0.360 e. The molecule has 1 fully saturated rings. The average Bonchev–Trinajstić information content (AvgIpc) is 3.22. The third-order valence-electron chi connectivity index (χ3n) is 5.08. The lowest BCUT2D eigenvalue weighted by Crippen LogP contribution is -2.43. The number of thiazole rings is 1. The van der Waals surface area contributed by atoms with Gasteiger partial charge in [-0.2, -0.15) is 4.31 Å². The van der Waals surface area contributed by atoms with Crippen molar-refractivity contribution in [1.82, 2.24) is 14.4 Å². The first-order chi connectivity index (χ1) is 13.8. The topological polar surface area (TPSA) is 105 Å². The molecule has 1 atom stereocenters. The van der Waals surface area contributed by atoms with E-state index in [1.165, 1.54) is 4.31 Å². The molecule has 1 aliphatic heterocycles. The number of anilines is 1. The number of hydrogen-bond donors (Lipinski definition) is 1. The molecule has 1 aliphatic rings. The van der Waals surface area contributed by atoms with Crippen LogP contribution in [0.5, 0.6) is 0 Å². The maximum Gasteiger partial charge on any atom is 0.248 e. The summed E-state index contributed by atoms with van der Waals surface area (Å²) in [5, 5.41) is 7.65. The van der Waals surface area contributed by atoms with E-state index in [-0.39, 0.29) is 23.1 Å². The molecule has 10 heteroatoms. The molecule has 0 bridgehead atoms. The van der Waals surface area contributed by atoms with Crippen molar-refractivity contribution in [1.29, 1.82) is 0 Å². The molecular weight excluding hydrogens is 412 g/mol. The number of nitrogens with one attached hydrogen (secondary N) is 1. The van der Waals surface area contributed by atoms with E-state index in [9.17, 15) is 13.2 Å². The van der Waals surface area contributed by atoms with Crippen LogP contribution in [0, 0.1) is 26.7 Å². The second-order valence-electron chi connectivity index (χ2n) is 7.26. The molecule has 0 aliphatic carbocycles. The first kappa shape index (κ1) is 20.0. The normalized spacial score (nSPS) is 18.2. The Morgan fingerprint density at radius 1 is 1.31 bits per heavy atom. The molecule has 29 heavy (non-hydrogen) atoms. The van der Waals surface area contributed by atoms with Crippen LogP contribution in [0.4, 0.5) is 5.69 Å². The summed E-state index contributed by atoms with van der Waals surface area (Å²) in [6.45, 7) is 5.65. The number of aryl methyl sites for hydroxylation is 3. The van der Waals surface area contributed by atoms with Crippen molar-refractivity contribution in [3.8, 4) is 0 Å². The molecule has 1 amide bonds. The van der Waals surface area contributed by atoms with Gasteiger partial charge in [0.2, 0.25) is 15.9 Å². The van der Waals surface area contributed by atoms with Crippen molar-refractivity contribution < 1.29 is 17.7 Å². The van der Waals surface area contributed by atoms with E-state index < -0.39 is 15.9 Å². The highest BCUT2D eigenvalue weighted by molar-refractivity contribution is 7.89. The summed E-state index contributed by atoms with van der Waals surface area (Å²) >= 11 is 1.57. The molecule has 0 unspecified atom stereocenters. The first-order valence-electron chi connectivity index (χ1n) is 9.37. The van der Waals surface area contributed by atoms with E-state index in [4.69, 9.17) is 4.52 Å². The SMILES string of the molecule is Cc1nc2ccc(NC(=O)[C@@H]3CCCN(S(=O)(=O)c4c(C)noc4C)C3)cc2s1. The maximum absolute atomic E-state index is 13.1. The first-order valence-corrected chi connectivity index (χ1v) is 11.6. The van der Waals surface area contributed by atoms with E-state index in [0.29, 0.717) is 30.8 Å². The molecule has 4 rings (SSSR count). The van der Waals surface area contributed by atoms with Crippen LogP contribution in [0.2, 0.25) is 0 Å². The molecule has 0 radical (unpaired) electrons. The third-order valence-corrected chi connectivity index (χ3v) is 8.13. The summed E-state index contributed by atoms with van der Waals surface area (Å²) in [6.07, 6.45) is 1.26. The van der Waals surface area contributed by atoms with Gasteiger partial charge >= 0.3 is 0 Å². The Bertz CT molecular complexity index is 1160. The smallest absolute Gasteiger partial charge is 0.248 e. The summed E-state index contributed by atoms with van der Waals surface area (Å²) < 4.78 is 33.5. The van der Waals surface area contributed by atoms with Crippen LogP contribution >= 0.6 is 11.3 Å². The summed E-state index contributed by atoms with van der Waals surface area (Å²) in [6, 6.07) is 5.60. The Labute approximate surface area is 173 Å². The fourth-order valence-corrected chi connectivity index (χ4v) is 6.39. The number of aromatic nitrogens is 2. The average molecular weight is 435 g/mol. The fraction of sp³-hybridized carbons (Fsp3) is 0.421. The third kappa shape index (κ3) is 3.79. The molecule has 0 spiro atoms. The molecule has 2 aromatic heterocycles. The predicted molar refractivity (Wildman–Crippen MR) is 110 cm³/mol. The molecule has 3 heterocycles. The van der Waals surface area contributed by atoms with Gasteiger partial charge in [0.05, 0.1) is 21.1 Å². The van der Waals surface area contributed by atoms with Crippen molar-refractivity contribution in [2.45, 2.75) is 38.5 Å². The highest BCUT2D eigenvalue weighted by Gasteiger charge is 2.36. The number of sulfonamides is 1. The quantitative estimate of drug-likeness (QED) is 0.676. The van der Waals surface area contributed by atoms with E-state index >= 15 is 0 Å². The van der Waals surface area contributed by atoms with Crippen molar-refractivity contribution in [2.75, 3.05) is 18.4 Å². The highest BCUT2D eigenvalue weighted by Crippen LogP contribution is 2.29. The number of amides is 1. The Hall–Kier alpha value is -2.30. The summed E-state index contributed by atoms with van der Waals surface area (Å²) in [5.41, 5.74) is 1.93. The van der Waals surface area contributed by atoms with Crippen LogP contribution in [-0.4, -0.2) is 41.9 Å². The minimum Gasteiger partial charge on any atom is -0.360 e. The zero-order valence-corrected chi connectivity index (χ0v) is 18.1. The molecule has 154 valence electrons. The van der Waals surface area contributed by atoms with E-state index in [2.05, 4.69) is 15.5 Å². The summed E-state index contributed by atoms with van der Waals surface area (Å²) in [7, 11) is -3.75. The van der Waals surface area contributed by atoms with Crippen molar-refractivity contribution >= 4 is 43.2 Å². The number of benzene rings is 1. The van der Waals surface area contributed by atoms with Gasteiger partial charge in [0, 0.05) is 18.8 Å². The van der Waals surface area contributed by atoms with Crippen LogP contribution in [0.1, 0.15) is 29.3 Å². The summed E-state index contributed by atoms with van der Waals surface area (Å²) in [4.78, 5) is 17.3. The van der Waals surface area contributed by atoms with Gasteiger partial charge in [0.1, 0.15) is 10.6 Å². The molecule has 8 nitrogen and oxygen atoms in total. The molecule has 1 saturated heterocycles. The van der Waals surface area contributed by atoms with Gasteiger partial charge in [0.15, 0.2) is 5.76 Å².